The van der Waals surface area contributed by atoms with Gasteiger partial charge in [0.2, 0.25) is 5.88 Å². The van der Waals surface area contributed by atoms with Crippen LogP contribution in [-0.2, 0) is 20.9 Å². The third-order valence-corrected chi connectivity index (χ3v) is 5.10. The van der Waals surface area contributed by atoms with Crippen molar-refractivity contribution in [3.63, 3.8) is 0 Å². The van der Waals surface area contributed by atoms with E-state index in [-0.39, 0.29) is 29.4 Å². The fourth-order valence-corrected chi connectivity index (χ4v) is 3.69. The lowest BCUT2D eigenvalue weighted by molar-refractivity contribution is -0.139. The van der Waals surface area contributed by atoms with E-state index in [1.165, 1.54) is 0 Å². The van der Waals surface area contributed by atoms with Crippen molar-refractivity contribution in [1.82, 2.24) is 0 Å². The van der Waals surface area contributed by atoms with Crippen LogP contribution in [0.5, 0.6) is 5.75 Å². The molecular weight excluding hydrogens is 416 g/mol. The van der Waals surface area contributed by atoms with Gasteiger partial charge in [-0.05, 0) is 44.5 Å². The van der Waals surface area contributed by atoms with Crippen molar-refractivity contribution in [1.29, 1.82) is 5.26 Å². The Morgan fingerprint density at radius 3 is 2.71 bits per heavy atom. The number of hydrogen-bond acceptors (Lipinski definition) is 6. The number of aryl methyl sites for hydroxylation is 1. The number of carbonyl (C=O) groups is 1. The summed E-state index contributed by atoms with van der Waals surface area (Å²) in [6.45, 7) is 5.80. The van der Waals surface area contributed by atoms with Gasteiger partial charge in [-0.2, -0.15) is 5.26 Å². The lowest BCUT2D eigenvalue weighted by Crippen LogP contribution is -2.26. The summed E-state index contributed by atoms with van der Waals surface area (Å²) < 4.78 is 16.8. The Hall–Kier alpha value is -3.43. The maximum absolute atomic E-state index is 12.8. The van der Waals surface area contributed by atoms with Crippen LogP contribution in [0.1, 0.15) is 36.5 Å². The average molecular weight is 439 g/mol. The highest BCUT2D eigenvalue weighted by Gasteiger charge is 2.38. The van der Waals surface area contributed by atoms with Gasteiger partial charge in [0.05, 0.1) is 18.1 Å². The predicted molar refractivity (Wildman–Crippen MR) is 117 cm³/mol. The molecular formula is C24H23ClN2O4. The smallest absolute Gasteiger partial charge is 0.338 e. The first kappa shape index (κ1) is 22.3. The van der Waals surface area contributed by atoms with Crippen LogP contribution in [0.25, 0.3) is 0 Å². The number of benzene rings is 2. The van der Waals surface area contributed by atoms with E-state index in [0.29, 0.717) is 22.9 Å². The molecule has 0 bridgehead atoms. The summed E-state index contributed by atoms with van der Waals surface area (Å²) in [5.41, 5.74) is 8.91. The number of nitriles is 1. The second kappa shape index (κ2) is 9.59. The minimum Gasteiger partial charge on any atom is -0.489 e. The lowest BCUT2D eigenvalue weighted by Gasteiger charge is -2.28. The third-order valence-electron chi connectivity index (χ3n) is 4.86. The highest BCUT2D eigenvalue weighted by Crippen LogP contribution is 2.44. The third kappa shape index (κ3) is 4.84. The van der Waals surface area contributed by atoms with E-state index in [4.69, 9.17) is 31.5 Å². The maximum atomic E-state index is 12.8. The second-order valence-corrected chi connectivity index (χ2v) is 7.51. The molecule has 2 N–H and O–H groups in total. The summed E-state index contributed by atoms with van der Waals surface area (Å²) in [5, 5.41) is 10.2. The van der Waals surface area contributed by atoms with Crippen LogP contribution in [0.4, 0.5) is 0 Å². The topological polar surface area (TPSA) is 94.6 Å². The van der Waals surface area contributed by atoms with Crippen molar-refractivity contribution in [2.24, 2.45) is 5.73 Å². The number of nitrogens with two attached hydrogens (primary N) is 1. The first-order chi connectivity index (χ1) is 14.8. The first-order valence-electron chi connectivity index (χ1n) is 9.79. The fraction of sp³-hybridized carbons (Fsp3) is 0.250. The van der Waals surface area contributed by atoms with Crippen LogP contribution in [0.15, 0.2) is 65.3 Å². The highest BCUT2D eigenvalue weighted by atomic mass is 35.5. The zero-order chi connectivity index (χ0) is 22.5. The van der Waals surface area contributed by atoms with Gasteiger partial charge in [0.1, 0.15) is 29.8 Å². The van der Waals surface area contributed by atoms with Gasteiger partial charge in [0, 0.05) is 10.6 Å². The monoisotopic (exact) mass is 438 g/mol. The Morgan fingerprint density at radius 2 is 2.03 bits per heavy atom. The van der Waals surface area contributed by atoms with Gasteiger partial charge in [-0.15, -0.1) is 0 Å². The summed E-state index contributed by atoms with van der Waals surface area (Å²) >= 11 is 6.28. The normalized spacial score (nSPS) is 15.9. The van der Waals surface area contributed by atoms with E-state index in [1.54, 1.807) is 32.0 Å². The van der Waals surface area contributed by atoms with E-state index in [2.05, 4.69) is 6.07 Å². The summed E-state index contributed by atoms with van der Waals surface area (Å²) in [6, 6.07) is 15.1. The van der Waals surface area contributed by atoms with Gasteiger partial charge in [0.25, 0.3) is 0 Å². The zero-order valence-electron chi connectivity index (χ0n) is 17.6. The van der Waals surface area contributed by atoms with Crippen LogP contribution in [0, 0.1) is 18.3 Å². The van der Waals surface area contributed by atoms with E-state index in [0.717, 1.165) is 11.1 Å². The number of carbonyl (C=O) groups excluding carboxylic acids is 1. The number of rotatable bonds is 6. The Balaban J connectivity index is 2.08. The molecule has 2 aromatic rings. The molecule has 0 radical (unpaired) electrons. The van der Waals surface area contributed by atoms with Gasteiger partial charge in [-0.1, -0.05) is 41.4 Å². The van der Waals surface area contributed by atoms with E-state index in [9.17, 15) is 10.1 Å². The quantitative estimate of drug-likeness (QED) is 0.646. The predicted octanol–water partition coefficient (Wildman–Crippen LogP) is 4.87. The minimum atomic E-state index is -0.830. The molecule has 1 aliphatic heterocycles. The van der Waals surface area contributed by atoms with Gasteiger partial charge in [0.15, 0.2) is 0 Å². The molecule has 1 atom stereocenters. The molecule has 6 nitrogen and oxygen atoms in total. The molecule has 0 saturated carbocycles. The maximum Gasteiger partial charge on any atom is 0.338 e. The van der Waals surface area contributed by atoms with Crippen molar-refractivity contribution in [2.45, 2.75) is 33.3 Å². The second-order valence-electron chi connectivity index (χ2n) is 7.08. The SMILES string of the molecule is CCOC(=O)C1=C(C)OC(N)=C(C#N)C1c1cc(Cl)ccc1OCc1cccc(C)c1. The molecule has 0 fully saturated rings. The van der Waals surface area contributed by atoms with Crippen LogP contribution in [-0.4, -0.2) is 12.6 Å². The van der Waals surface area contributed by atoms with E-state index >= 15 is 0 Å². The molecule has 1 heterocycles. The van der Waals surface area contributed by atoms with Crippen molar-refractivity contribution in [3.05, 3.63) is 87.0 Å². The molecule has 1 aliphatic rings. The molecule has 160 valence electrons. The highest BCUT2D eigenvalue weighted by molar-refractivity contribution is 6.30. The summed E-state index contributed by atoms with van der Waals surface area (Å²) in [7, 11) is 0. The summed E-state index contributed by atoms with van der Waals surface area (Å²) in [6.07, 6.45) is 0. The molecule has 1 unspecified atom stereocenters. The van der Waals surface area contributed by atoms with Crippen LogP contribution in [0.2, 0.25) is 5.02 Å². The lowest BCUT2D eigenvalue weighted by atomic mass is 9.82. The van der Waals surface area contributed by atoms with Crippen molar-refractivity contribution in [3.8, 4) is 11.8 Å². The molecule has 0 spiro atoms. The number of hydrogen-bond donors (Lipinski definition) is 1. The largest absolute Gasteiger partial charge is 0.489 e. The van der Waals surface area contributed by atoms with Crippen molar-refractivity contribution >= 4 is 17.6 Å². The molecule has 2 aromatic carbocycles. The van der Waals surface area contributed by atoms with Crippen molar-refractivity contribution < 1.29 is 19.0 Å². The Labute approximate surface area is 186 Å². The Morgan fingerprint density at radius 1 is 1.26 bits per heavy atom. The van der Waals surface area contributed by atoms with Gasteiger partial charge in [-0.25, -0.2) is 4.79 Å². The van der Waals surface area contributed by atoms with Crippen LogP contribution in [0.3, 0.4) is 0 Å². The Bertz CT molecular complexity index is 1110. The number of nitrogens with zero attached hydrogens (tertiary/aromatic N) is 1. The summed E-state index contributed by atoms with van der Waals surface area (Å²) in [5.74, 6) is -0.737. The van der Waals surface area contributed by atoms with E-state index < -0.39 is 11.9 Å². The number of halogens is 1. The number of allylic oxidation sites excluding steroid dienone is 2. The molecule has 0 aliphatic carbocycles. The molecule has 0 saturated heterocycles. The molecule has 31 heavy (non-hydrogen) atoms. The van der Waals surface area contributed by atoms with Gasteiger partial charge in [-0.3, -0.25) is 0 Å². The fourth-order valence-electron chi connectivity index (χ4n) is 3.51. The van der Waals surface area contributed by atoms with Crippen LogP contribution < -0.4 is 10.5 Å². The molecule has 3 rings (SSSR count). The zero-order valence-corrected chi connectivity index (χ0v) is 18.3. The molecule has 0 amide bonds. The minimum absolute atomic E-state index is 0.0670. The Kier molecular flexibility index (Phi) is 6.88. The standard InChI is InChI=1S/C24H23ClN2O4/c1-4-29-24(28)21-15(3)31-23(27)19(12-26)22(21)18-11-17(25)8-9-20(18)30-13-16-7-5-6-14(2)10-16/h5-11,22H,4,13,27H2,1-3H3. The molecule has 7 heteroatoms. The average Bonchev–Trinajstić information content (AvgIpc) is 2.72. The molecule has 0 aromatic heterocycles. The number of ether oxygens (including phenoxy) is 3. The summed E-state index contributed by atoms with van der Waals surface area (Å²) in [4.78, 5) is 12.8. The first-order valence-corrected chi connectivity index (χ1v) is 10.2. The van der Waals surface area contributed by atoms with Crippen molar-refractivity contribution in [2.75, 3.05) is 6.61 Å². The van der Waals surface area contributed by atoms with Crippen LogP contribution >= 0.6 is 11.6 Å². The van der Waals surface area contributed by atoms with E-state index in [1.807, 2.05) is 31.2 Å². The number of esters is 1. The van der Waals surface area contributed by atoms with Gasteiger partial charge < -0.3 is 19.9 Å². The van der Waals surface area contributed by atoms with Gasteiger partial charge >= 0.3 is 5.97 Å².